The molecule has 3 heterocycles. The molecule has 1 fully saturated rings. The van der Waals surface area contributed by atoms with Gasteiger partial charge >= 0.3 is 0 Å². The average Bonchev–Trinajstić information content (AvgIpc) is 3.05. The summed E-state index contributed by atoms with van der Waals surface area (Å²) in [5, 5.41) is 7.30. The molecule has 0 bridgehead atoms. The number of anilines is 1. The van der Waals surface area contributed by atoms with Crippen molar-refractivity contribution in [2.75, 3.05) is 25.0 Å². The van der Waals surface area contributed by atoms with Gasteiger partial charge in [-0.3, -0.25) is 4.79 Å². The Bertz CT molecular complexity index is 600. The number of hydrogen-bond donors (Lipinski definition) is 1. The average molecular weight is 259 g/mol. The number of rotatable bonds is 3. The molecule has 1 amide bonds. The normalized spacial score (nSPS) is 15.1. The molecule has 2 aromatic rings. The van der Waals surface area contributed by atoms with Gasteiger partial charge in [-0.05, 0) is 31.4 Å². The van der Waals surface area contributed by atoms with Gasteiger partial charge in [0, 0.05) is 19.3 Å². The zero-order chi connectivity index (χ0) is 13.2. The first-order valence-electron chi connectivity index (χ1n) is 6.58. The number of amides is 1. The summed E-state index contributed by atoms with van der Waals surface area (Å²) >= 11 is 0. The molecule has 1 saturated heterocycles. The monoisotopic (exact) mass is 259 g/mol. The molecule has 1 aliphatic heterocycles. The molecule has 0 saturated carbocycles. The van der Waals surface area contributed by atoms with Gasteiger partial charge < -0.3 is 10.2 Å². The fourth-order valence-electron chi connectivity index (χ4n) is 2.35. The van der Waals surface area contributed by atoms with E-state index in [2.05, 4.69) is 15.4 Å². The highest BCUT2D eigenvalue weighted by molar-refractivity contribution is 5.80. The van der Waals surface area contributed by atoms with E-state index in [1.165, 1.54) is 0 Å². The Morgan fingerprint density at radius 2 is 2.21 bits per heavy atom. The molecule has 0 aromatic carbocycles. The Kier molecular flexibility index (Phi) is 3.06. The fraction of sp³-hybridized carbons (Fsp3) is 0.462. The van der Waals surface area contributed by atoms with Gasteiger partial charge in [0.1, 0.15) is 0 Å². The van der Waals surface area contributed by atoms with Gasteiger partial charge in [-0.2, -0.15) is 4.98 Å². The highest BCUT2D eigenvalue weighted by atomic mass is 16.2. The predicted octanol–water partition coefficient (Wildman–Crippen LogP) is 1.07. The van der Waals surface area contributed by atoms with Crippen LogP contribution in [0.25, 0.3) is 5.65 Å². The van der Waals surface area contributed by atoms with Crippen LogP contribution in [-0.4, -0.2) is 45.0 Å². The van der Waals surface area contributed by atoms with E-state index >= 15 is 0 Å². The van der Waals surface area contributed by atoms with Crippen LogP contribution in [0.1, 0.15) is 18.4 Å². The molecule has 6 heteroatoms. The third-order valence-electron chi connectivity index (χ3n) is 3.41. The molecule has 6 nitrogen and oxygen atoms in total. The van der Waals surface area contributed by atoms with Crippen molar-refractivity contribution in [2.24, 2.45) is 0 Å². The maximum atomic E-state index is 11.9. The molecule has 2 aromatic heterocycles. The second-order valence-corrected chi connectivity index (χ2v) is 4.84. The smallest absolute Gasteiger partial charge is 0.243 e. The van der Waals surface area contributed by atoms with Crippen LogP contribution >= 0.6 is 0 Å². The standard InChI is InChI=1S/C13H17N5O/c1-10-5-4-8-18-12(10)15-13(16-18)14-9-11(19)17-6-2-3-7-17/h4-5,8H,2-3,6-7,9H2,1H3,(H,14,16). The molecule has 0 aliphatic carbocycles. The molecule has 100 valence electrons. The number of aryl methyl sites for hydroxylation is 1. The summed E-state index contributed by atoms with van der Waals surface area (Å²) in [7, 11) is 0. The summed E-state index contributed by atoms with van der Waals surface area (Å²) < 4.78 is 1.72. The first-order valence-corrected chi connectivity index (χ1v) is 6.58. The Labute approximate surface area is 111 Å². The Balaban J connectivity index is 1.68. The maximum absolute atomic E-state index is 11.9. The van der Waals surface area contributed by atoms with Crippen LogP contribution in [0.2, 0.25) is 0 Å². The summed E-state index contributed by atoms with van der Waals surface area (Å²) in [5.41, 5.74) is 1.88. The Hall–Kier alpha value is -2.11. The SMILES string of the molecule is Cc1cccn2nc(NCC(=O)N3CCCC3)nc12. The molecule has 0 spiro atoms. The van der Waals surface area contributed by atoms with E-state index in [1.54, 1.807) is 4.52 Å². The highest BCUT2D eigenvalue weighted by Gasteiger charge is 2.17. The van der Waals surface area contributed by atoms with Gasteiger partial charge in [-0.1, -0.05) is 6.07 Å². The van der Waals surface area contributed by atoms with E-state index in [1.807, 2.05) is 30.2 Å². The Morgan fingerprint density at radius 3 is 2.95 bits per heavy atom. The lowest BCUT2D eigenvalue weighted by Crippen LogP contribution is -2.33. The van der Waals surface area contributed by atoms with Crippen molar-refractivity contribution in [1.29, 1.82) is 0 Å². The van der Waals surface area contributed by atoms with Gasteiger partial charge in [0.25, 0.3) is 0 Å². The molecule has 0 unspecified atom stereocenters. The van der Waals surface area contributed by atoms with Crippen molar-refractivity contribution in [3.63, 3.8) is 0 Å². The number of carbonyl (C=O) groups is 1. The van der Waals surface area contributed by atoms with Crippen LogP contribution in [0.5, 0.6) is 0 Å². The van der Waals surface area contributed by atoms with Crippen molar-refractivity contribution in [2.45, 2.75) is 19.8 Å². The Morgan fingerprint density at radius 1 is 1.42 bits per heavy atom. The number of pyridine rings is 1. The first-order chi connectivity index (χ1) is 9.24. The minimum atomic E-state index is 0.119. The van der Waals surface area contributed by atoms with Crippen LogP contribution in [-0.2, 0) is 4.79 Å². The van der Waals surface area contributed by atoms with E-state index in [0.717, 1.165) is 37.1 Å². The number of nitrogens with zero attached hydrogens (tertiary/aromatic N) is 4. The fourth-order valence-corrected chi connectivity index (χ4v) is 2.35. The number of carbonyl (C=O) groups excluding carboxylic acids is 1. The molecule has 1 N–H and O–H groups in total. The largest absolute Gasteiger partial charge is 0.344 e. The number of fused-ring (bicyclic) bond motifs is 1. The van der Waals surface area contributed by atoms with Crippen molar-refractivity contribution >= 4 is 17.5 Å². The summed E-state index contributed by atoms with van der Waals surface area (Å²) in [6, 6.07) is 3.92. The summed E-state index contributed by atoms with van der Waals surface area (Å²) in [4.78, 5) is 18.2. The lowest BCUT2D eigenvalue weighted by molar-refractivity contribution is -0.128. The minimum absolute atomic E-state index is 0.119. The third kappa shape index (κ3) is 2.38. The summed E-state index contributed by atoms with van der Waals surface area (Å²) in [5.74, 6) is 0.620. The molecule has 0 radical (unpaired) electrons. The number of likely N-dealkylation sites (tertiary alicyclic amines) is 1. The van der Waals surface area contributed by atoms with E-state index in [-0.39, 0.29) is 12.5 Å². The number of hydrogen-bond acceptors (Lipinski definition) is 4. The molecule has 3 rings (SSSR count). The number of aromatic nitrogens is 3. The molecule has 1 aliphatic rings. The lowest BCUT2D eigenvalue weighted by atomic mass is 10.3. The van der Waals surface area contributed by atoms with Gasteiger partial charge in [-0.15, -0.1) is 5.10 Å². The summed E-state index contributed by atoms with van der Waals surface area (Å²) in [6.45, 7) is 4.00. The van der Waals surface area contributed by atoms with E-state index < -0.39 is 0 Å². The van der Waals surface area contributed by atoms with Crippen LogP contribution in [0, 0.1) is 6.92 Å². The van der Waals surface area contributed by atoms with Crippen LogP contribution in [0.15, 0.2) is 18.3 Å². The maximum Gasteiger partial charge on any atom is 0.243 e. The third-order valence-corrected chi connectivity index (χ3v) is 3.41. The molecular formula is C13H17N5O. The quantitative estimate of drug-likeness (QED) is 0.895. The van der Waals surface area contributed by atoms with Crippen LogP contribution in [0.3, 0.4) is 0 Å². The lowest BCUT2D eigenvalue weighted by Gasteiger charge is -2.14. The second-order valence-electron chi connectivity index (χ2n) is 4.84. The molecule has 0 atom stereocenters. The topological polar surface area (TPSA) is 62.5 Å². The van der Waals surface area contributed by atoms with E-state index in [0.29, 0.717) is 5.95 Å². The predicted molar refractivity (Wildman–Crippen MR) is 72.0 cm³/mol. The van der Waals surface area contributed by atoms with Crippen molar-refractivity contribution in [3.05, 3.63) is 23.9 Å². The van der Waals surface area contributed by atoms with E-state index in [4.69, 9.17) is 0 Å². The van der Waals surface area contributed by atoms with E-state index in [9.17, 15) is 4.79 Å². The zero-order valence-corrected chi connectivity index (χ0v) is 11.0. The van der Waals surface area contributed by atoms with Crippen molar-refractivity contribution in [3.8, 4) is 0 Å². The molecular weight excluding hydrogens is 242 g/mol. The van der Waals surface area contributed by atoms with Gasteiger partial charge in [-0.25, -0.2) is 4.52 Å². The van der Waals surface area contributed by atoms with Gasteiger partial charge in [0.2, 0.25) is 11.9 Å². The number of nitrogens with one attached hydrogen (secondary N) is 1. The van der Waals surface area contributed by atoms with Crippen molar-refractivity contribution < 1.29 is 4.79 Å². The van der Waals surface area contributed by atoms with Gasteiger partial charge in [0.15, 0.2) is 5.65 Å². The van der Waals surface area contributed by atoms with Crippen LogP contribution < -0.4 is 5.32 Å². The zero-order valence-electron chi connectivity index (χ0n) is 11.0. The van der Waals surface area contributed by atoms with Crippen molar-refractivity contribution in [1.82, 2.24) is 19.5 Å². The van der Waals surface area contributed by atoms with Crippen LogP contribution in [0.4, 0.5) is 5.95 Å². The van der Waals surface area contributed by atoms with Gasteiger partial charge in [0.05, 0.1) is 6.54 Å². The summed E-state index contributed by atoms with van der Waals surface area (Å²) in [6.07, 6.45) is 4.07. The first kappa shape index (κ1) is 12.0. The second kappa shape index (κ2) is 4.87. The minimum Gasteiger partial charge on any atom is -0.344 e. The highest BCUT2D eigenvalue weighted by Crippen LogP contribution is 2.10. The molecule has 19 heavy (non-hydrogen) atoms.